The molecule has 0 aromatic heterocycles. The summed E-state index contributed by atoms with van der Waals surface area (Å²) in [7, 11) is -3.84. The van der Waals surface area contributed by atoms with E-state index in [0.717, 1.165) is 11.1 Å². The number of carboxylic acids is 1. The number of halogens is 1. The number of hydrogen-bond acceptors (Lipinski definition) is 5. The van der Waals surface area contributed by atoms with E-state index in [4.69, 9.17) is 16.3 Å². The molecule has 0 bridgehead atoms. The van der Waals surface area contributed by atoms with Gasteiger partial charge in [0.05, 0.1) is 17.3 Å². The Morgan fingerprint density at radius 3 is 1.97 bits per heavy atom. The van der Waals surface area contributed by atoms with E-state index in [0.29, 0.717) is 10.8 Å². The Hall–Kier alpha value is -1.83. The van der Waals surface area contributed by atoms with Crippen molar-refractivity contribution in [1.29, 1.82) is 0 Å². The van der Waals surface area contributed by atoms with Gasteiger partial charge in [-0.2, -0.15) is 0 Å². The molecule has 0 fully saturated rings. The number of para-hydroxylation sites is 1. The second-order valence-electron chi connectivity index (χ2n) is 6.45. The standard InChI is InChI=1S/C22H19ClO5S.Na/c23-19-10-6-16(7-11-19)17-8-12-21(13-9-17)29(26,27)15-18(22(24)25)14-28-20-4-2-1-3-5-20;/h1-13,18H,14-15H2,(H,24,25);/q;+1/p-1. The maximum Gasteiger partial charge on any atom is 1.00 e. The number of carboxylic acid groups (broad SMARTS) is 1. The van der Waals surface area contributed by atoms with Crippen LogP contribution >= 0.6 is 11.6 Å². The molecule has 0 aliphatic carbocycles. The third-order valence-corrected chi connectivity index (χ3v) is 6.42. The first-order valence-electron chi connectivity index (χ1n) is 8.82. The molecule has 3 aromatic carbocycles. The molecule has 0 amide bonds. The molecule has 0 spiro atoms. The van der Waals surface area contributed by atoms with Crippen molar-refractivity contribution in [3.63, 3.8) is 0 Å². The van der Waals surface area contributed by atoms with Crippen LogP contribution < -0.4 is 39.4 Å². The fraction of sp³-hybridized carbons (Fsp3) is 0.136. The average molecular weight is 453 g/mol. The molecule has 0 aliphatic rings. The van der Waals surface area contributed by atoms with Crippen molar-refractivity contribution in [1.82, 2.24) is 0 Å². The Kier molecular flexibility index (Phi) is 8.94. The van der Waals surface area contributed by atoms with Crippen LogP contribution in [0.25, 0.3) is 11.1 Å². The van der Waals surface area contributed by atoms with Crippen LogP contribution in [0.15, 0.2) is 83.8 Å². The van der Waals surface area contributed by atoms with Gasteiger partial charge in [0, 0.05) is 16.9 Å². The fourth-order valence-electron chi connectivity index (χ4n) is 2.76. The Bertz CT molecular complexity index is 1070. The zero-order valence-corrected chi connectivity index (χ0v) is 19.9. The minimum Gasteiger partial charge on any atom is -0.550 e. The van der Waals surface area contributed by atoms with Crippen molar-refractivity contribution in [2.75, 3.05) is 12.4 Å². The molecule has 0 heterocycles. The summed E-state index contributed by atoms with van der Waals surface area (Å²) in [5.74, 6) is -2.91. The number of carbonyl (C=O) groups is 1. The maximum absolute atomic E-state index is 12.7. The second-order valence-corrected chi connectivity index (χ2v) is 8.92. The molecule has 0 N–H and O–H groups in total. The molecule has 0 saturated heterocycles. The van der Waals surface area contributed by atoms with Gasteiger partial charge in [-0.3, -0.25) is 0 Å². The van der Waals surface area contributed by atoms with Crippen molar-refractivity contribution in [2.24, 2.45) is 5.92 Å². The van der Waals surface area contributed by atoms with Gasteiger partial charge in [0.1, 0.15) is 5.75 Å². The van der Waals surface area contributed by atoms with Crippen molar-refractivity contribution >= 4 is 27.4 Å². The Morgan fingerprint density at radius 1 is 0.900 bits per heavy atom. The summed E-state index contributed by atoms with van der Waals surface area (Å²) in [6, 6.07) is 22.0. The third kappa shape index (κ3) is 6.59. The van der Waals surface area contributed by atoms with E-state index in [1.807, 2.05) is 12.1 Å². The summed E-state index contributed by atoms with van der Waals surface area (Å²) < 4.78 is 30.8. The predicted octanol–water partition coefficient (Wildman–Crippen LogP) is 0.230. The zero-order valence-electron chi connectivity index (χ0n) is 16.3. The maximum atomic E-state index is 12.7. The summed E-state index contributed by atoms with van der Waals surface area (Å²) in [5.41, 5.74) is 1.71. The predicted molar refractivity (Wildman–Crippen MR) is 109 cm³/mol. The molecule has 5 nitrogen and oxygen atoms in total. The molecule has 0 aliphatic heterocycles. The van der Waals surface area contributed by atoms with Crippen LogP contribution in [0.4, 0.5) is 0 Å². The smallest absolute Gasteiger partial charge is 0.550 e. The number of aliphatic carboxylic acids is 1. The molecule has 1 atom stereocenters. The number of benzene rings is 3. The van der Waals surface area contributed by atoms with Crippen molar-refractivity contribution in [3.8, 4) is 16.9 Å². The van der Waals surface area contributed by atoms with Gasteiger partial charge >= 0.3 is 29.6 Å². The molecule has 1 unspecified atom stereocenters. The van der Waals surface area contributed by atoms with Crippen LogP contribution in [0, 0.1) is 5.92 Å². The van der Waals surface area contributed by atoms with E-state index in [-0.39, 0.29) is 41.1 Å². The largest absolute Gasteiger partial charge is 1.00 e. The molecule has 150 valence electrons. The number of ether oxygens (including phenoxy) is 1. The summed E-state index contributed by atoms with van der Waals surface area (Å²) in [4.78, 5) is 11.5. The van der Waals surface area contributed by atoms with E-state index in [1.54, 1.807) is 54.6 Å². The van der Waals surface area contributed by atoms with Crippen LogP contribution in [0.5, 0.6) is 5.75 Å². The van der Waals surface area contributed by atoms with E-state index in [1.165, 1.54) is 12.1 Å². The summed E-state index contributed by atoms with van der Waals surface area (Å²) in [6.45, 7) is -0.297. The summed E-state index contributed by atoms with van der Waals surface area (Å²) >= 11 is 5.88. The first-order valence-corrected chi connectivity index (χ1v) is 10.9. The Balaban J connectivity index is 0.00000320. The molecule has 8 heteroatoms. The van der Waals surface area contributed by atoms with E-state index < -0.39 is 27.5 Å². The monoisotopic (exact) mass is 452 g/mol. The van der Waals surface area contributed by atoms with Crippen molar-refractivity contribution < 1.29 is 52.6 Å². The van der Waals surface area contributed by atoms with Crippen LogP contribution in [0.1, 0.15) is 0 Å². The molecular formula is C22H18ClNaO5S. The van der Waals surface area contributed by atoms with Gasteiger partial charge in [-0.15, -0.1) is 0 Å². The minimum atomic E-state index is -3.84. The topological polar surface area (TPSA) is 83.5 Å². The van der Waals surface area contributed by atoms with Gasteiger partial charge in [-0.25, -0.2) is 8.42 Å². The summed E-state index contributed by atoms with van der Waals surface area (Å²) in [5, 5.41) is 12.0. The number of rotatable bonds is 8. The molecule has 0 radical (unpaired) electrons. The van der Waals surface area contributed by atoms with Gasteiger partial charge in [-0.1, -0.05) is 54.1 Å². The fourth-order valence-corrected chi connectivity index (χ4v) is 4.39. The minimum absolute atomic E-state index is 0. The molecule has 3 aromatic rings. The normalized spacial score (nSPS) is 11.9. The Labute approximate surface area is 202 Å². The quantitative estimate of drug-likeness (QED) is 0.457. The number of carbonyl (C=O) groups excluding carboxylic acids is 1. The Morgan fingerprint density at radius 2 is 1.43 bits per heavy atom. The van der Waals surface area contributed by atoms with Gasteiger partial charge in [0.2, 0.25) is 0 Å². The van der Waals surface area contributed by atoms with Crippen molar-refractivity contribution in [2.45, 2.75) is 4.90 Å². The molecular weight excluding hydrogens is 435 g/mol. The third-order valence-electron chi connectivity index (χ3n) is 4.34. The van der Waals surface area contributed by atoms with Crippen LogP contribution in [0.3, 0.4) is 0 Å². The molecule has 30 heavy (non-hydrogen) atoms. The van der Waals surface area contributed by atoms with Crippen LogP contribution in [-0.4, -0.2) is 26.7 Å². The van der Waals surface area contributed by atoms with Gasteiger partial charge in [0.25, 0.3) is 0 Å². The second kappa shape index (κ2) is 11.0. The summed E-state index contributed by atoms with van der Waals surface area (Å²) in [6.07, 6.45) is 0. The number of hydrogen-bond donors (Lipinski definition) is 0. The zero-order chi connectivity index (χ0) is 20.9. The van der Waals surface area contributed by atoms with E-state index >= 15 is 0 Å². The first-order chi connectivity index (χ1) is 13.8. The SMILES string of the molecule is O=C([O-])C(COc1ccccc1)CS(=O)(=O)c1ccc(-c2ccc(Cl)cc2)cc1.[Na+]. The average Bonchev–Trinajstić information content (AvgIpc) is 2.72. The van der Waals surface area contributed by atoms with E-state index in [9.17, 15) is 18.3 Å². The molecule has 0 saturated carbocycles. The van der Waals surface area contributed by atoms with Crippen molar-refractivity contribution in [3.05, 3.63) is 83.9 Å². The van der Waals surface area contributed by atoms with Gasteiger partial charge in [0.15, 0.2) is 9.84 Å². The van der Waals surface area contributed by atoms with Gasteiger partial charge in [-0.05, 0) is 47.5 Å². The first kappa shape index (κ1) is 24.4. The van der Waals surface area contributed by atoms with E-state index in [2.05, 4.69) is 0 Å². The van der Waals surface area contributed by atoms with Gasteiger partial charge < -0.3 is 14.6 Å². The van der Waals surface area contributed by atoms with Crippen LogP contribution in [0.2, 0.25) is 5.02 Å². The number of sulfone groups is 1. The van der Waals surface area contributed by atoms with Crippen LogP contribution in [-0.2, 0) is 14.6 Å². The molecule has 3 rings (SSSR count).